The lowest BCUT2D eigenvalue weighted by Gasteiger charge is -2.01. The highest BCUT2D eigenvalue weighted by molar-refractivity contribution is 9.11. The molecule has 0 aliphatic carbocycles. The van der Waals surface area contributed by atoms with Crippen LogP contribution in [0.5, 0.6) is 0 Å². The van der Waals surface area contributed by atoms with Gasteiger partial charge in [-0.25, -0.2) is 4.98 Å². The number of aromatic nitrogens is 1. The summed E-state index contributed by atoms with van der Waals surface area (Å²) in [6.45, 7) is 0. The lowest BCUT2D eigenvalue weighted by atomic mass is 10.2. The van der Waals surface area contributed by atoms with Gasteiger partial charge in [0, 0.05) is 5.39 Å². The Kier molecular flexibility index (Phi) is 2.58. The van der Waals surface area contributed by atoms with Crippen molar-refractivity contribution in [2.45, 2.75) is 0 Å². The third kappa shape index (κ3) is 1.73. The molecule has 1 aromatic carbocycles. The Bertz CT molecular complexity index is 465. The van der Waals surface area contributed by atoms with Gasteiger partial charge >= 0.3 is 0 Å². The molecule has 1 heterocycles. The summed E-state index contributed by atoms with van der Waals surface area (Å²) in [7, 11) is 0. The third-order valence-corrected chi connectivity index (χ3v) is 3.51. The number of nitrogens with zero attached hydrogens (tertiary/aromatic N) is 1. The molecule has 0 aliphatic rings. The van der Waals surface area contributed by atoms with E-state index in [1.165, 1.54) is 0 Å². The molecule has 0 saturated heterocycles. The normalized spacial score (nSPS) is 10.7. The van der Waals surface area contributed by atoms with Crippen molar-refractivity contribution in [3.63, 3.8) is 0 Å². The fourth-order valence-electron chi connectivity index (χ4n) is 1.11. The Morgan fingerprint density at radius 2 is 1.77 bits per heavy atom. The summed E-state index contributed by atoms with van der Waals surface area (Å²) in [4.78, 5) is 4.32. The van der Waals surface area contributed by atoms with Crippen molar-refractivity contribution in [3.05, 3.63) is 38.4 Å². The van der Waals surface area contributed by atoms with E-state index in [0.717, 1.165) is 20.0 Å². The quantitative estimate of drug-likeness (QED) is 0.655. The van der Waals surface area contributed by atoms with Crippen LogP contribution < -0.4 is 0 Å². The molecule has 0 N–H and O–H groups in total. The zero-order valence-corrected chi connectivity index (χ0v) is 10.3. The number of fused-ring (bicyclic) bond motifs is 1. The molecule has 1 aromatic heterocycles. The van der Waals surface area contributed by atoms with Crippen molar-refractivity contribution in [3.8, 4) is 0 Å². The first-order valence-corrected chi connectivity index (χ1v) is 5.55. The SMILES string of the molecule is Clc1ccc2ccc(Br)nc2c1Br. The van der Waals surface area contributed by atoms with Crippen LogP contribution in [0.3, 0.4) is 0 Å². The molecule has 0 atom stereocenters. The molecule has 2 aromatic rings. The average Bonchev–Trinajstić information content (AvgIpc) is 2.12. The molecule has 0 aliphatic heterocycles. The van der Waals surface area contributed by atoms with E-state index in [1.54, 1.807) is 0 Å². The minimum atomic E-state index is 0.679. The van der Waals surface area contributed by atoms with Crippen molar-refractivity contribution in [2.24, 2.45) is 0 Å². The van der Waals surface area contributed by atoms with E-state index in [9.17, 15) is 0 Å². The predicted molar refractivity (Wildman–Crippen MR) is 62.2 cm³/mol. The monoisotopic (exact) mass is 319 g/mol. The Labute approximate surface area is 97.4 Å². The van der Waals surface area contributed by atoms with Crippen molar-refractivity contribution in [1.29, 1.82) is 0 Å². The van der Waals surface area contributed by atoms with Gasteiger partial charge in [-0.2, -0.15) is 0 Å². The third-order valence-electron chi connectivity index (χ3n) is 1.72. The summed E-state index contributed by atoms with van der Waals surface area (Å²) in [5, 5.41) is 1.75. The van der Waals surface area contributed by atoms with Crippen LogP contribution in [0.15, 0.2) is 33.3 Å². The van der Waals surface area contributed by atoms with Crippen molar-refractivity contribution >= 4 is 54.4 Å². The van der Waals surface area contributed by atoms with E-state index in [2.05, 4.69) is 36.8 Å². The summed E-state index contributed by atoms with van der Waals surface area (Å²) >= 11 is 12.7. The van der Waals surface area contributed by atoms with Crippen molar-refractivity contribution < 1.29 is 0 Å². The molecule has 0 radical (unpaired) electrons. The van der Waals surface area contributed by atoms with Crippen LogP contribution in [0.1, 0.15) is 0 Å². The zero-order valence-electron chi connectivity index (χ0n) is 6.39. The Morgan fingerprint density at radius 1 is 1.08 bits per heavy atom. The predicted octanol–water partition coefficient (Wildman–Crippen LogP) is 4.41. The Balaban J connectivity index is 2.89. The van der Waals surface area contributed by atoms with Crippen LogP contribution >= 0.6 is 43.5 Å². The number of hydrogen-bond acceptors (Lipinski definition) is 1. The summed E-state index contributed by atoms with van der Waals surface area (Å²) in [6.07, 6.45) is 0. The number of rotatable bonds is 0. The van der Waals surface area contributed by atoms with Crippen LogP contribution in [0.25, 0.3) is 10.9 Å². The number of halogens is 3. The van der Waals surface area contributed by atoms with Gasteiger partial charge < -0.3 is 0 Å². The van der Waals surface area contributed by atoms with Crippen LogP contribution in [-0.2, 0) is 0 Å². The fraction of sp³-hybridized carbons (Fsp3) is 0. The zero-order chi connectivity index (χ0) is 9.42. The summed E-state index contributed by atoms with van der Waals surface area (Å²) in [5.74, 6) is 0. The van der Waals surface area contributed by atoms with Gasteiger partial charge in [-0.15, -0.1) is 0 Å². The first-order valence-electron chi connectivity index (χ1n) is 3.59. The topological polar surface area (TPSA) is 12.9 Å². The first-order chi connectivity index (χ1) is 6.18. The lowest BCUT2D eigenvalue weighted by Crippen LogP contribution is -1.81. The van der Waals surface area contributed by atoms with Gasteiger partial charge in [-0.1, -0.05) is 23.7 Å². The molecule has 0 fully saturated rings. The Morgan fingerprint density at radius 3 is 2.54 bits per heavy atom. The van der Waals surface area contributed by atoms with Crippen molar-refractivity contribution in [2.75, 3.05) is 0 Å². The maximum absolute atomic E-state index is 5.94. The maximum Gasteiger partial charge on any atom is 0.106 e. The number of pyridine rings is 1. The molecule has 0 spiro atoms. The summed E-state index contributed by atoms with van der Waals surface area (Å²) < 4.78 is 1.65. The smallest absolute Gasteiger partial charge is 0.106 e. The summed E-state index contributed by atoms with van der Waals surface area (Å²) in [6, 6.07) is 7.70. The van der Waals surface area contributed by atoms with E-state index < -0.39 is 0 Å². The highest BCUT2D eigenvalue weighted by Gasteiger charge is 2.04. The van der Waals surface area contributed by atoms with Gasteiger partial charge in [0.1, 0.15) is 4.60 Å². The van der Waals surface area contributed by atoms with Gasteiger partial charge in [-0.3, -0.25) is 0 Å². The van der Waals surface area contributed by atoms with Gasteiger partial charge in [0.2, 0.25) is 0 Å². The standard InChI is InChI=1S/C9H4Br2ClN/c10-7-4-2-5-1-3-6(12)8(11)9(5)13-7/h1-4H. The highest BCUT2D eigenvalue weighted by Crippen LogP contribution is 2.30. The van der Waals surface area contributed by atoms with Gasteiger partial charge in [0.25, 0.3) is 0 Å². The van der Waals surface area contributed by atoms with Crippen LogP contribution in [0.2, 0.25) is 5.02 Å². The molecule has 0 bridgehead atoms. The molecular weight excluding hydrogens is 317 g/mol. The van der Waals surface area contributed by atoms with Crippen LogP contribution in [0.4, 0.5) is 0 Å². The number of benzene rings is 1. The second kappa shape index (κ2) is 3.56. The molecule has 2 rings (SSSR count). The van der Waals surface area contributed by atoms with Gasteiger partial charge in [0.05, 0.1) is 15.0 Å². The molecule has 1 nitrogen and oxygen atoms in total. The molecule has 0 unspecified atom stereocenters. The van der Waals surface area contributed by atoms with Gasteiger partial charge in [-0.05, 0) is 44.0 Å². The van der Waals surface area contributed by atoms with E-state index in [-0.39, 0.29) is 0 Å². The fourth-order valence-corrected chi connectivity index (χ4v) is 2.02. The molecule has 13 heavy (non-hydrogen) atoms. The molecule has 0 amide bonds. The Hall–Kier alpha value is -0.120. The lowest BCUT2D eigenvalue weighted by molar-refractivity contribution is 1.34. The first kappa shape index (κ1) is 9.44. The number of hydrogen-bond donors (Lipinski definition) is 0. The highest BCUT2D eigenvalue weighted by atomic mass is 79.9. The molecular formula is C9H4Br2ClN. The second-order valence-electron chi connectivity index (χ2n) is 2.57. The maximum atomic E-state index is 5.94. The van der Waals surface area contributed by atoms with Crippen LogP contribution in [-0.4, -0.2) is 4.98 Å². The molecule has 0 saturated carbocycles. The van der Waals surface area contributed by atoms with Crippen LogP contribution in [0, 0.1) is 0 Å². The largest absolute Gasteiger partial charge is 0.240 e. The second-order valence-corrected chi connectivity index (χ2v) is 4.58. The molecule has 66 valence electrons. The minimum Gasteiger partial charge on any atom is -0.240 e. The van der Waals surface area contributed by atoms with E-state index in [1.807, 2.05) is 24.3 Å². The minimum absolute atomic E-state index is 0.679. The summed E-state index contributed by atoms with van der Waals surface area (Å²) in [5.41, 5.74) is 0.877. The van der Waals surface area contributed by atoms with E-state index in [0.29, 0.717) is 5.02 Å². The van der Waals surface area contributed by atoms with E-state index >= 15 is 0 Å². The van der Waals surface area contributed by atoms with Gasteiger partial charge in [0.15, 0.2) is 0 Å². The molecule has 4 heteroatoms. The van der Waals surface area contributed by atoms with E-state index in [4.69, 9.17) is 11.6 Å². The average molecular weight is 321 g/mol. The van der Waals surface area contributed by atoms with Crippen molar-refractivity contribution in [1.82, 2.24) is 4.98 Å².